The van der Waals surface area contributed by atoms with Gasteiger partial charge in [-0.05, 0) is 55.6 Å². The van der Waals surface area contributed by atoms with Crippen molar-refractivity contribution in [3.63, 3.8) is 0 Å². The number of rotatable bonds is 5. The fourth-order valence-corrected chi connectivity index (χ4v) is 5.42. The molecule has 1 fully saturated rings. The fraction of sp³-hybridized carbons (Fsp3) is 0.455. The maximum Gasteiger partial charge on any atom is 0.341 e. The van der Waals surface area contributed by atoms with E-state index >= 15 is 0 Å². The smallest absolute Gasteiger partial charge is 0.341 e. The average molecular weight is 384 g/mol. The Balaban J connectivity index is 1.55. The van der Waals surface area contributed by atoms with Gasteiger partial charge in [-0.2, -0.15) is 0 Å². The van der Waals surface area contributed by atoms with Crippen LogP contribution in [0.2, 0.25) is 0 Å². The van der Waals surface area contributed by atoms with Crippen LogP contribution in [0.4, 0.5) is 5.00 Å². The van der Waals surface area contributed by atoms with Crippen molar-refractivity contribution >= 4 is 28.2 Å². The van der Waals surface area contributed by atoms with E-state index in [4.69, 9.17) is 4.74 Å². The number of carbonyl (C=O) groups is 2. The van der Waals surface area contributed by atoms with Crippen LogP contribution in [0.15, 0.2) is 30.3 Å². The van der Waals surface area contributed by atoms with Gasteiger partial charge in [-0.15, -0.1) is 11.3 Å². The van der Waals surface area contributed by atoms with Gasteiger partial charge < -0.3 is 10.1 Å². The lowest BCUT2D eigenvalue weighted by Crippen LogP contribution is -2.18. The molecule has 142 valence electrons. The molecule has 2 aliphatic rings. The minimum Gasteiger partial charge on any atom is -0.462 e. The van der Waals surface area contributed by atoms with Crippen molar-refractivity contribution in [2.75, 3.05) is 11.9 Å². The number of anilines is 1. The molecule has 1 aromatic carbocycles. The van der Waals surface area contributed by atoms with Crippen molar-refractivity contribution in [2.24, 2.45) is 11.8 Å². The summed E-state index contributed by atoms with van der Waals surface area (Å²) in [4.78, 5) is 26.6. The normalized spacial score (nSPS) is 23.4. The van der Waals surface area contributed by atoms with Crippen molar-refractivity contribution in [3.8, 4) is 0 Å². The summed E-state index contributed by atoms with van der Waals surface area (Å²) in [5.74, 6) is 0.587. The molecule has 1 saturated carbocycles. The van der Waals surface area contributed by atoms with E-state index in [1.54, 1.807) is 11.3 Å². The lowest BCUT2D eigenvalue weighted by molar-refractivity contribution is -0.117. The largest absolute Gasteiger partial charge is 0.462 e. The van der Waals surface area contributed by atoms with Crippen LogP contribution >= 0.6 is 11.3 Å². The number of fused-ring (bicyclic) bond motifs is 1. The third kappa shape index (κ3) is 3.65. The minimum atomic E-state index is -0.310. The number of thiophene rings is 1. The van der Waals surface area contributed by atoms with E-state index in [1.807, 2.05) is 25.1 Å². The van der Waals surface area contributed by atoms with E-state index in [-0.39, 0.29) is 23.7 Å². The number of ether oxygens (including phenoxy) is 1. The highest BCUT2D eigenvalue weighted by Gasteiger charge is 2.44. The predicted octanol–water partition coefficient (Wildman–Crippen LogP) is 4.79. The quantitative estimate of drug-likeness (QED) is 0.755. The Hall–Kier alpha value is -2.14. The van der Waals surface area contributed by atoms with E-state index < -0.39 is 0 Å². The Morgan fingerprint density at radius 2 is 2.04 bits per heavy atom. The third-order valence-electron chi connectivity index (χ3n) is 5.58. The Morgan fingerprint density at radius 1 is 1.26 bits per heavy atom. The van der Waals surface area contributed by atoms with E-state index in [2.05, 4.69) is 24.4 Å². The van der Waals surface area contributed by atoms with Gasteiger partial charge in [-0.1, -0.05) is 37.3 Å². The first-order chi connectivity index (χ1) is 13.1. The summed E-state index contributed by atoms with van der Waals surface area (Å²) in [7, 11) is 0. The molecule has 0 saturated heterocycles. The Morgan fingerprint density at radius 3 is 2.78 bits per heavy atom. The van der Waals surface area contributed by atoms with Gasteiger partial charge in [0.1, 0.15) is 5.00 Å². The van der Waals surface area contributed by atoms with Crippen molar-refractivity contribution in [1.29, 1.82) is 0 Å². The van der Waals surface area contributed by atoms with Gasteiger partial charge in [0.15, 0.2) is 0 Å². The molecule has 3 atom stereocenters. The second kappa shape index (κ2) is 7.47. The van der Waals surface area contributed by atoms with Crippen molar-refractivity contribution in [3.05, 3.63) is 51.9 Å². The van der Waals surface area contributed by atoms with Gasteiger partial charge in [0, 0.05) is 10.8 Å². The summed E-state index contributed by atoms with van der Waals surface area (Å²) >= 11 is 1.56. The van der Waals surface area contributed by atoms with Gasteiger partial charge >= 0.3 is 5.97 Å². The van der Waals surface area contributed by atoms with Gasteiger partial charge in [-0.3, -0.25) is 4.79 Å². The molecule has 0 bridgehead atoms. The van der Waals surface area contributed by atoms with Crippen LogP contribution < -0.4 is 5.32 Å². The Bertz CT molecular complexity index is 858. The maximum absolute atomic E-state index is 12.8. The number of nitrogens with one attached hydrogen (secondary N) is 1. The van der Waals surface area contributed by atoms with Crippen LogP contribution in [0.25, 0.3) is 0 Å². The molecule has 1 N–H and O–H groups in total. The first-order valence-electron chi connectivity index (χ1n) is 9.76. The molecular weight excluding hydrogens is 358 g/mol. The molecule has 4 nitrogen and oxygen atoms in total. The number of hydrogen-bond donors (Lipinski definition) is 1. The highest BCUT2D eigenvalue weighted by molar-refractivity contribution is 7.17. The summed E-state index contributed by atoms with van der Waals surface area (Å²) in [5, 5.41) is 3.74. The summed E-state index contributed by atoms with van der Waals surface area (Å²) in [5.41, 5.74) is 2.89. The molecule has 1 aromatic heterocycles. The second-order valence-corrected chi connectivity index (χ2v) is 8.73. The average Bonchev–Trinajstić information content (AvgIpc) is 3.38. The van der Waals surface area contributed by atoms with E-state index in [0.29, 0.717) is 23.1 Å². The number of amides is 1. The summed E-state index contributed by atoms with van der Waals surface area (Å²) in [6.45, 7) is 4.39. The van der Waals surface area contributed by atoms with E-state index in [1.165, 1.54) is 10.4 Å². The number of hydrogen-bond acceptors (Lipinski definition) is 4. The van der Waals surface area contributed by atoms with Gasteiger partial charge in [-0.25, -0.2) is 4.79 Å². The van der Waals surface area contributed by atoms with Crippen LogP contribution in [0, 0.1) is 11.8 Å². The molecule has 2 aromatic rings. The van der Waals surface area contributed by atoms with Crippen LogP contribution in [-0.4, -0.2) is 18.5 Å². The van der Waals surface area contributed by atoms with Gasteiger partial charge in [0.25, 0.3) is 0 Å². The fourth-order valence-electron chi connectivity index (χ4n) is 4.02. The molecule has 0 unspecified atom stereocenters. The molecule has 4 rings (SSSR count). The lowest BCUT2D eigenvalue weighted by atomic mass is 9.88. The van der Waals surface area contributed by atoms with E-state index in [9.17, 15) is 9.59 Å². The minimum absolute atomic E-state index is 0.0134. The molecule has 1 heterocycles. The summed E-state index contributed by atoms with van der Waals surface area (Å²) < 4.78 is 5.28. The zero-order valence-corrected chi connectivity index (χ0v) is 16.6. The monoisotopic (exact) mass is 383 g/mol. The molecule has 0 spiro atoms. The molecule has 27 heavy (non-hydrogen) atoms. The SMILES string of the molecule is CCOC(=O)c1c(NC(=O)[C@@H]2C[C@H]2c2ccccc2)sc2c1CC[C@H](C)C2. The van der Waals surface area contributed by atoms with Crippen molar-refractivity contribution < 1.29 is 14.3 Å². The van der Waals surface area contributed by atoms with Crippen LogP contribution in [0.1, 0.15) is 59.0 Å². The standard InChI is InChI=1S/C22H25NO3S/c1-3-26-22(25)19-15-10-9-13(2)11-18(15)27-21(19)23-20(24)17-12-16(17)14-7-5-4-6-8-14/h4-8,13,16-17H,3,9-12H2,1-2H3,(H,23,24)/t13-,16-,17+/m0/s1. The molecule has 0 radical (unpaired) electrons. The lowest BCUT2D eigenvalue weighted by Gasteiger charge is -2.18. The number of esters is 1. The highest BCUT2D eigenvalue weighted by atomic mass is 32.1. The molecule has 2 aliphatic carbocycles. The summed E-state index contributed by atoms with van der Waals surface area (Å²) in [6.07, 6.45) is 3.79. The zero-order chi connectivity index (χ0) is 19.0. The van der Waals surface area contributed by atoms with E-state index in [0.717, 1.165) is 31.2 Å². The van der Waals surface area contributed by atoms with Crippen LogP contribution in [0.3, 0.4) is 0 Å². The predicted molar refractivity (Wildman–Crippen MR) is 107 cm³/mol. The van der Waals surface area contributed by atoms with Gasteiger partial charge in [0.2, 0.25) is 5.91 Å². The molecule has 0 aliphatic heterocycles. The summed E-state index contributed by atoms with van der Waals surface area (Å²) in [6, 6.07) is 10.2. The number of carbonyl (C=O) groups excluding carboxylic acids is 2. The first-order valence-corrected chi connectivity index (χ1v) is 10.6. The first kappa shape index (κ1) is 18.2. The Labute approximate surface area is 163 Å². The van der Waals surface area contributed by atoms with Crippen molar-refractivity contribution in [1.82, 2.24) is 0 Å². The maximum atomic E-state index is 12.8. The third-order valence-corrected chi connectivity index (χ3v) is 6.75. The zero-order valence-electron chi connectivity index (χ0n) is 15.8. The Kier molecular flexibility index (Phi) is 5.04. The number of benzene rings is 1. The van der Waals surface area contributed by atoms with Crippen LogP contribution in [0.5, 0.6) is 0 Å². The van der Waals surface area contributed by atoms with Crippen LogP contribution in [-0.2, 0) is 22.4 Å². The van der Waals surface area contributed by atoms with Gasteiger partial charge in [0.05, 0.1) is 12.2 Å². The van der Waals surface area contributed by atoms with Crippen molar-refractivity contribution in [2.45, 2.75) is 45.4 Å². The second-order valence-electron chi connectivity index (χ2n) is 7.62. The molecule has 1 amide bonds. The molecular formula is C22H25NO3S. The topological polar surface area (TPSA) is 55.4 Å². The molecule has 5 heteroatoms. The highest BCUT2D eigenvalue weighted by Crippen LogP contribution is 2.48.